The summed E-state index contributed by atoms with van der Waals surface area (Å²) in [5, 5.41) is 3.24. The molecule has 0 aliphatic carbocycles. The van der Waals surface area contributed by atoms with Crippen LogP contribution in [0.1, 0.15) is 56.5 Å². The van der Waals surface area contributed by atoms with Crippen molar-refractivity contribution < 1.29 is 23.5 Å². The maximum absolute atomic E-state index is 12.2. The molecule has 7 nitrogen and oxygen atoms in total. The summed E-state index contributed by atoms with van der Waals surface area (Å²) in [6, 6.07) is 13.6. The van der Waals surface area contributed by atoms with Crippen LogP contribution in [0.25, 0.3) is 11.0 Å². The van der Waals surface area contributed by atoms with Crippen molar-refractivity contribution in [1.29, 1.82) is 0 Å². The average molecular weight is 452 g/mol. The van der Waals surface area contributed by atoms with Crippen molar-refractivity contribution in [3.63, 3.8) is 0 Å². The number of fused-ring (bicyclic) bond motifs is 1. The zero-order chi connectivity index (χ0) is 24.0. The molecule has 0 unspecified atom stereocenters. The summed E-state index contributed by atoms with van der Waals surface area (Å²) >= 11 is 0. The van der Waals surface area contributed by atoms with Crippen LogP contribution in [0.2, 0.25) is 0 Å². The summed E-state index contributed by atoms with van der Waals surface area (Å²) in [5.74, 6) is -0.289. The fourth-order valence-corrected chi connectivity index (χ4v) is 3.14. The molecule has 7 heteroatoms. The minimum Gasteiger partial charge on any atom is -0.482 e. The minimum absolute atomic E-state index is 0.0299. The van der Waals surface area contributed by atoms with Gasteiger partial charge in [0.25, 0.3) is 5.91 Å². The molecule has 1 heterocycles. The van der Waals surface area contributed by atoms with E-state index < -0.39 is 17.5 Å². The molecule has 1 N–H and O–H groups in total. The Kier molecular flexibility index (Phi) is 7.53. The number of hydrogen-bond acceptors (Lipinski definition) is 6. The first-order valence-electron chi connectivity index (χ1n) is 11.0. The van der Waals surface area contributed by atoms with Crippen LogP contribution in [0, 0.1) is 0 Å². The van der Waals surface area contributed by atoms with Gasteiger partial charge in [-0.25, -0.2) is 9.59 Å². The quantitative estimate of drug-likeness (QED) is 0.233. The van der Waals surface area contributed by atoms with E-state index in [4.69, 9.17) is 13.9 Å². The van der Waals surface area contributed by atoms with Crippen molar-refractivity contribution >= 4 is 22.8 Å². The predicted molar refractivity (Wildman–Crippen MR) is 126 cm³/mol. The summed E-state index contributed by atoms with van der Waals surface area (Å²) in [6.07, 6.45) is 1.76. The van der Waals surface area contributed by atoms with Crippen molar-refractivity contribution in [3.8, 4) is 11.5 Å². The van der Waals surface area contributed by atoms with Crippen molar-refractivity contribution in [3.05, 3.63) is 70.1 Å². The number of esters is 1. The highest BCUT2D eigenvalue weighted by Gasteiger charge is 2.15. The molecule has 174 valence electrons. The highest BCUT2D eigenvalue weighted by Crippen LogP contribution is 2.24. The number of ether oxygens (including phenoxy) is 2. The second-order valence-corrected chi connectivity index (χ2v) is 8.79. The molecule has 0 aliphatic heterocycles. The maximum atomic E-state index is 12.2. The van der Waals surface area contributed by atoms with Crippen LogP contribution in [-0.2, 0) is 10.2 Å². The Morgan fingerprint density at radius 1 is 1.00 bits per heavy atom. The number of nitrogens with one attached hydrogen (secondary N) is 1. The van der Waals surface area contributed by atoms with Gasteiger partial charge in [-0.2, -0.15) is 0 Å². The SMILES string of the molecule is CCCCNC(=O)c1cc2ccc(OC(=O)COc3ccc(C(C)(C)C)cc3)cc2oc1=O. The fourth-order valence-electron chi connectivity index (χ4n) is 3.14. The topological polar surface area (TPSA) is 94.8 Å². The second-order valence-electron chi connectivity index (χ2n) is 8.79. The van der Waals surface area contributed by atoms with Gasteiger partial charge in [-0.15, -0.1) is 0 Å². The lowest BCUT2D eigenvalue weighted by molar-refractivity contribution is -0.136. The molecular formula is C26H29NO6. The Hall–Kier alpha value is -3.61. The van der Waals surface area contributed by atoms with Crippen LogP contribution in [0.4, 0.5) is 0 Å². The van der Waals surface area contributed by atoms with Crippen LogP contribution >= 0.6 is 0 Å². The molecule has 0 atom stereocenters. The fraction of sp³-hybridized carbons (Fsp3) is 0.346. The lowest BCUT2D eigenvalue weighted by Gasteiger charge is -2.19. The van der Waals surface area contributed by atoms with Crippen LogP contribution in [0.3, 0.4) is 0 Å². The van der Waals surface area contributed by atoms with E-state index in [0.29, 0.717) is 17.7 Å². The number of unbranched alkanes of at least 4 members (excludes halogenated alkanes) is 1. The Balaban J connectivity index is 1.63. The van der Waals surface area contributed by atoms with Gasteiger partial charge in [0.1, 0.15) is 22.6 Å². The van der Waals surface area contributed by atoms with E-state index in [1.54, 1.807) is 12.1 Å². The van der Waals surface area contributed by atoms with Crippen LogP contribution in [0.5, 0.6) is 11.5 Å². The highest BCUT2D eigenvalue weighted by atomic mass is 16.6. The van der Waals surface area contributed by atoms with Gasteiger partial charge in [-0.3, -0.25) is 4.79 Å². The summed E-state index contributed by atoms with van der Waals surface area (Å²) in [4.78, 5) is 36.6. The number of rotatable bonds is 8. The number of hydrogen-bond donors (Lipinski definition) is 1. The molecular weight excluding hydrogens is 422 g/mol. The third kappa shape index (κ3) is 6.44. The molecule has 0 radical (unpaired) electrons. The molecule has 33 heavy (non-hydrogen) atoms. The second kappa shape index (κ2) is 10.3. The van der Waals surface area contributed by atoms with Gasteiger partial charge in [0.05, 0.1) is 0 Å². The Bertz CT molecular complexity index is 1190. The maximum Gasteiger partial charge on any atom is 0.349 e. The summed E-state index contributed by atoms with van der Waals surface area (Å²) < 4.78 is 16.1. The van der Waals surface area contributed by atoms with Crippen molar-refractivity contribution in [2.45, 2.75) is 46.0 Å². The molecule has 1 amide bonds. The van der Waals surface area contributed by atoms with E-state index in [-0.39, 0.29) is 28.9 Å². The number of carbonyl (C=O) groups is 2. The summed E-state index contributed by atoms with van der Waals surface area (Å²) in [7, 11) is 0. The molecule has 0 spiro atoms. The molecule has 0 fully saturated rings. The third-order valence-electron chi connectivity index (χ3n) is 5.08. The summed E-state index contributed by atoms with van der Waals surface area (Å²) in [5.41, 5.74) is 0.601. The van der Waals surface area contributed by atoms with Crippen LogP contribution in [0.15, 0.2) is 57.7 Å². The van der Waals surface area contributed by atoms with Gasteiger partial charge >= 0.3 is 11.6 Å². The Morgan fingerprint density at radius 2 is 1.70 bits per heavy atom. The van der Waals surface area contributed by atoms with Gasteiger partial charge in [0, 0.05) is 18.0 Å². The number of amides is 1. The van der Waals surface area contributed by atoms with E-state index in [1.807, 2.05) is 31.2 Å². The van der Waals surface area contributed by atoms with Gasteiger partial charge in [-0.1, -0.05) is 46.2 Å². The minimum atomic E-state index is -0.748. The molecule has 0 bridgehead atoms. The molecule has 0 aliphatic rings. The van der Waals surface area contributed by atoms with E-state index in [9.17, 15) is 14.4 Å². The van der Waals surface area contributed by atoms with Gasteiger partial charge < -0.3 is 19.2 Å². The van der Waals surface area contributed by atoms with E-state index in [1.165, 1.54) is 12.1 Å². The molecule has 0 saturated carbocycles. The van der Waals surface area contributed by atoms with Crippen LogP contribution < -0.4 is 20.4 Å². The first-order chi connectivity index (χ1) is 15.7. The summed E-state index contributed by atoms with van der Waals surface area (Å²) in [6.45, 7) is 8.59. The average Bonchev–Trinajstić information content (AvgIpc) is 2.77. The zero-order valence-electron chi connectivity index (χ0n) is 19.4. The molecule has 3 aromatic rings. The lowest BCUT2D eigenvalue weighted by Crippen LogP contribution is -2.28. The van der Waals surface area contributed by atoms with E-state index in [0.717, 1.165) is 18.4 Å². The van der Waals surface area contributed by atoms with E-state index in [2.05, 4.69) is 26.1 Å². The zero-order valence-corrected chi connectivity index (χ0v) is 19.4. The van der Waals surface area contributed by atoms with E-state index >= 15 is 0 Å². The first-order valence-corrected chi connectivity index (χ1v) is 11.0. The third-order valence-corrected chi connectivity index (χ3v) is 5.08. The van der Waals surface area contributed by atoms with Crippen molar-refractivity contribution in [2.24, 2.45) is 0 Å². The molecule has 1 aromatic heterocycles. The van der Waals surface area contributed by atoms with Crippen molar-refractivity contribution in [2.75, 3.05) is 13.2 Å². The normalized spacial score (nSPS) is 11.3. The number of benzene rings is 2. The van der Waals surface area contributed by atoms with Gasteiger partial charge in [0.15, 0.2) is 6.61 Å². The number of carbonyl (C=O) groups excluding carboxylic acids is 2. The molecule has 2 aromatic carbocycles. The first kappa shape index (κ1) is 24.0. The Morgan fingerprint density at radius 3 is 2.36 bits per heavy atom. The standard InChI is InChI=1S/C26H29NO6/c1-5-6-13-27-24(29)21-14-17-7-10-20(15-22(17)33-25(21)30)32-23(28)16-31-19-11-8-18(9-12-19)26(2,3)4/h7-12,14-15H,5-6,13,16H2,1-4H3,(H,27,29). The predicted octanol–water partition coefficient (Wildman–Crippen LogP) is 4.60. The highest BCUT2D eigenvalue weighted by molar-refractivity contribution is 5.96. The van der Waals surface area contributed by atoms with Gasteiger partial charge in [0.2, 0.25) is 0 Å². The Labute approximate surface area is 192 Å². The van der Waals surface area contributed by atoms with Crippen LogP contribution in [-0.4, -0.2) is 25.0 Å². The molecule has 0 saturated heterocycles. The molecule has 3 rings (SSSR count). The smallest absolute Gasteiger partial charge is 0.349 e. The van der Waals surface area contributed by atoms with Gasteiger partial charge in [-0.05, 0) is 47.7 Å². The monoisotopic (exact) mass is 451 g/mol. The largest absolute Gasteiger partial charge is 0.482 e. The lowest BCUT2D eigenvalue weighted by atomic mass is 9.87. The van der Waals surface area contributed by atoms with Crippen molar-refractivity contribution in [1.82, 2.24) is 5.32 Å².